The Hall–Kier alpha value is -3.98. The van der Waals surface area contributed by atoms with Crippen LogP contribution in [-0.4, -0.2) is 24.2 Å². The highest BCUT2D eigenvalue weighted by Crippen LogP contribution is 2.36. The van der Waals surface area contributed by atoms with Crippen molar-refractivity contribution in [2.75, 3.05) is 7.11 Å². The molecule has 0 fully saturated rings. The zero-order valence-corrected chi connectivity index (χ0v) is 20.1. The molecular weight excluding hydrogens is 502 g/mol. The molecule has 0 aromatic heterocycles. The minimum absolute atomic E-state index is 0.0145. The van der Waals surface area contributed by atoms with Gasteiger partial charge in [0, 0.05) is 18.2 Å². The van der Waals surface area contributed by atoms with Crippen molar-refractivity contribution in [3.8, 4) is 11.5 Å². The van der Waals surface area contributed by atoms with E-state index in [1.807, 2.05) is 31.2 Å². The molecule has 1 amide bonds. The van der Waals surface area contributed by atoms with E-state index >= 15 is 0 Å². The van der Waals surface area contributed by atoms with Crippen molar-refractivity contribution < 1.29 is 19.2 Å². The largest absolute Gasteiger partial charge is 0.493 e. The molecule has 0 aliphatic carbocycles. The number of methoxy groups -OCH3 is 1. The number of nitrogens with zero attached hydrogens (tertiary/aromatic N) is 2. The van der Waals surface area contributed by atoms with Crippen LogP contribution in [0.2, 0.25) is 0 Å². The summed E-state index contributed by atoms with van der Waals surface area (Å²) < 4.78 is 12.1. The summed E-state index contributed by atoms with van der Waals surface area (Å²) in [5, 5.41) is 14.6. The van der Waals surface area contributed by atoms with E-state index in [4.69, 9.17) is 9.47 Å². The minimum atomic E-state index is -0.481. The lowest BCUT2D eigenvalue weighted by Gasteiger charge is -2.13. The van der Waals surface area contributed by atoms with Crippen LogP contribution in [0.4, 0.5) is 5.69 Å². The van der Waals surface area contributed by atoms with Crippen LogP contribution < -0.4 is 14.9 Å². The number of hydrogen-bond acceptors (Lipinski definition) is 6. The third-order valence-electron chi connectivity index (χ3n) is 4.67. The number of halogens is 1. The van der Waals surface area contributed by atoms with Crippen molar-refractivity contribution in [1.82, 2.24) is 5.43 Å². The highest BCUT2D eigenvalue weighted by Gasteiger charge is 2.12. The standard InChI is InChI=1S/C25H22BrN3O5/c1-17-3-5-19(6-4-17)16-34-25-22(26)13-20(14-23(25)33-2)15-27-28-24(30)12-9-18-7-10-21(11-8-18)29(31)32/h3-15H,16H2,1-2H3,(H,28,30)/b12-9+,27-15-. The molecule has 3 rings (SSSR count). The number of non-ortho nitro benzene ring substituents is 1. The number of ether oxygens (including phenoxy) is 2. The van der Waals surface area contributed by atoms with Gasteiger partial charge in [0.2, 0.25) is 0 Å². The fourth-order valence-corrected chi connectivity index (χ4v) is 3.46. The summed E-state index contributed by atoms with van der Waals surface area (Å²) in [5.41, 5.74) is 5.94. The average molecular weight is 524 g/mol. The Morgan fingerprint density at radius 1 is 1.12 bits per heavy atom. The summed E-state index contributed by atoms with van der Waals surface area (Å²) in [5.74, 6) is 0.640. The van der Waals surface area contributed by atoms with E-state index in [2.05, 4.69) is 26.5 Å². The molecule has 1 N–H and O–H groups in total. The maximum Gasteiger partial charge on any atom is 0.269 e. The summed E-state index contributed by atoms with van der Waals surface area (Å²) in [6, 6.07) is 17.5. The Morgan fingerprint density at radius 3 is 2.47 bits per heavy atom. The van der Waals surface area contributed by atoms with Gasteiger partial charge in [0.05, 0.1) is 22.7 Å². The van der Waals surface area contributed by atoms with Crippen LogP contribution in [0.3, 0.4) is 0 Å². The summed E-state index contributed by atoms with van der Waals surface area (Å²) in [6.45, 7) is 2.42. The molecule has 3 aromatic carbocycles. The first kappa shape index (κ1) is 24.7. The highest BCUT2D eigenvalue weighted by molar-refractivity contribution is 9.10. The van der Waals surface area contributed by atoms with Gasteiger partial charge >= 0.3 is 0 Å². The molecule has 174 valence electrons. The van der Waals surface area contributed by atoms with E-state index in [-0.39, 0.29) is 5.69 Å². The Labute approximate surface area is 205 Å². The maximum atomic E-state index is 12.0. The maximum absolute atomic E-state index is 12.0. The number of carbonyl (C=O) groups excluding carboxylic acids is 1. The summed E-state index contributed by atoms with van der Waals surface area (Å²) in [6.07, 6.45) is 4.31. The molecule has 0 saturated carbocycles. The number of hydrazone groups is 1. The first-order chi connectivity index (χ1) is 16.4. The molecule has 0 unspecified atom stereocenters. The lowest BCUT2D eigenvalue weighted by atomic mass is 10.2. The van der Waals surface area contributed by atoms with E-state index in [1.54, 1.807) is 31.4 Å². The topological polar surface area (TPSA) is 103 Å². The van der Waals surface area contributed by atoms with Gasteiger partial charge in [-0.2, -0.15) is 5.10 Å². The molecule has 0 radical (unpaired) electrons. The molecule has 3 aromatic rings. The van der Waals surface area contributed by atoms with Crippen molar-refractivity contribution in [3.63, 3.8) is 0 Å². The van der Waals surface area contributed by atoms with Crippen LogP contribution in [-0.2, 0) is 11.4 Å². The van der Waals surface area contributed by atoms with Crippen molar-refractivity contribution in [2.24, 2.45) is 5.10 Å². The average Bonchev–Trinajstić information content (AvgIpc) is 2.83. The van der Waals surface area contributed by atoms with Crippen LogP contribution in [0.15, 0.2) is 76.3 Å². The molecule has 0 atom stereocenters. The quantitative estimate of drug-likeness (QED) is 0.174. The molecule has 0 bridgehead atoms. The zero-order chi connectivity index (χ0) is 24.5. The normalized spacial score (nSPS) is 11.0. The third kappa shape index (κ3) is 7.01. The second-order valence-corrected chi connectivity index (χ2v) is 8.08. The van der Waals surface area contributed by atoms with Gasteiger partial charge in [-0.05, 0) is 69.9 Å². The molecule has 0 heterocycles. The molecule has 0 aliphatic heterocycles. The summed E-state index contributed by atoms with van der Waals surface area (Å²) in [4.78, 5) is 22.2. The van der Waals surface area contributed by atoms with Crippen LogP contribution in [0.25, 0.3) is 6.08 Å². The minimum Gasteiger partial charge on any atom is -0.493 e. The van der Waals surface area contributed by atoms with Crippen molar-refractivity contribution in [2.45, 2.75) is 13.5 Å². The van der Waals surface area contributed by atoms with Gasteiger partial charge in [0.15, 0.2) is 11.5 Å². The fraction of sp³-hybridized carbons (Fsp3) is 0.120. The SMILES string of the molecule is COc1cc(/C=N\NC(=O)/C=C/c2ccc([N+](=O)[O-])cc2)cc(Br)c1OCc1ccc(C)cc1. The predicted molar refractivity (Wildman–Crippen MR) is 134 cm³/mol. The molecule has 0 saturated heterocycles. The summed E-state index contributed by atoms with van der Waals surface area (Å²) in [7, 11) is 1.55. The van der Waals surface area contributed by atoms with Gasteiger partial charge in [-0.3, -0.25) is 14.9 Å². The number of nitro benzene ring substituents is 1. The first-order valence-electron chi connectivity index (χ1n) is 10.2. The molecule has 0 spiro atoms. The molecule has 8 nitrogen and oxygen atoms in total. The van der Waals surface area contributed by atoms with E-state index in [0.29, 0.717) is 33.7 Å². The lowest BCUT2D eigenvalue weighted by Crippen LogP contribution is -2.14. The summed E-state index contributed by atoms with van der Waals surface area (Å²) >= 11 is 3.50. The van der Waals surface area contributed by atoms with Gasteiger partial charge in [0.25, 0.3) is 11.6 Å². The van der Waals surface area contributed by atoms with Gasteiger partial charge in [-0.25, -0.2) is 5.43 Å². The molecule has 34 heavy (non-hydrogen) atoms. The predicted octanol–water partition coefficient (Wildman–Crippen LogP) is 5.42. The van der Waals surface area contributed by atoms with Gasteiger partial charge in [-0.1, -0.05) is 29.8 Å². The number of carbonyl (C=O) groups is 1. The second-order valence-electron chi connectivity index (χ2n) is 7.22. The van der Waals surface area contributed by atoms with E-state index in [1.165, 1.54) is 36.1 Å². The lowest BCUT2D eigenvalue weighted by molar-refractivity contribution is -0.384. The van der Waals surface area contributed by atoms with Gasteiger partial charge < -0.3 is 9.47 Å². The van der Waals surface area contributed by atoms with Gasteiger partial charge in [0.1, 0.15) is 6.61 Å². The van der Waals surface area contributed by atoms with Crippen LogP contribution in [0.1, 0.15) is 22.3 Å². The molecule has 9 heteroatoms. The Kier molecular flexibility index (Phi) is 8.53. The Bertz CT molecular complexity index is 1220. The molecule has 0 aliphatic rings. The smallest absolute Gasteiger partial charge is 0.269 e. The van der Waals surface area contributed by atoms with Crippen LogP contribution >= 0.6 is 15.9 Å². The second kappa shape index (κ2) is 11.8. The number of aryl methyl sites for hydroxylation is 1. The van der Waals surface area contributed by atoms with E-state index in [9.17, 15) is 14.9 Å². The molecular formula is C25H22BrN3O5. The first-order valence-corrected chi connectivity index (χ1v) is 11.0. The van der Waals surface area contributed by atoms with Gasteiger partial charge in [-0.15, -0.1) is 0 Å². The zero-order valence-electron chi connectivity index (χ0n) is 18.5. The number of nitrogens with one attached hydrogen (secondary N) is 1. The van der Waals surface area contributed by atoms with E-state index in [0.717, 1.165) is 5.56 Å². The van der Waals surface area contributed by atoms with Crippen molar-refractivity contribution in [3.05, 3.63) is 104 Å². The third-order valence-corrected chi connectivity index (χ3v) is 5.26. The van der Waals surface area contributed by atoms with Crippen LogP contribution in [0.5, 0.6) is 11.5 Å². The van der Waals surface area contributed by atoms with E-state index < -0.39 is 10.8 Å². The monoisotopic (exact) mass is 523 g/mol. The number of amides is 1. The number of benzene rings is 3. The fourth-order valence-electron chi connectivity index (χ4n) is 2.88. The number of rotatable bonds is 9. The number of nitro groups is 1. The van der Waals surface area contributed by atoms with Crippen molar-refractivity contribution in [1.29, 1.82) is 0 Å². The Balaban J connectivity index is 1.60. The van der Waals surface area contributed by atoms with Crippen LogP contribution in [0, 0.1) is 17.0 Å². The Morgan fingerprint density at radius 2 is 1.82 bits per heavy atom. The van der Waals surface area contributed by atoms with Crippen molar-refractivity contribution >= 4 is 39.8 Å². The highest BCUT2D eigenvalue weighted by atomic mass is 79.9. The number of hydrogen-bond donors (Lipinski definition) is 1.